The molecule has 0 aromatic heterocycles. The summed E-state index contributed by atoms with van der Waals surface area (Å²) in [5.74, 6) is 1.03. The van der Waals surface area contributed by atoms with Crippen molar-refractivity contribution in [2.24, 2.45) is 5.92 Å². The Hall–Kier alpha value is -1.10. The van der Waals surface area contributed by atoms with Crippen LogP contribution >= 0.6 is 0 Å². The standard InChI is InChI=1S/C16H27NO3/c1-5-13(10-18)17-15(11(2)3)16(19)12-6-8-14(20-4)9-7-12/h6-9,11,13,15-19H,5,10H2,1-4H3. The van der Waals surface area contributed by atoms with Crippen LogP contribution in [0.2, 0.25) is 0 Å². The molecule has 114 valence electrons. The molecule has 1 aromatic carbocycles. The molecule has 0 fully saturated rings. The summed E-state index contributed by atoms with van der Waals surface area (Å²) in [6, 6.07) is 7.36. The number of hydrogen-bond acceptors (Lipinski definition) is 4. The van der Waals surface area contributed by atoms with Gasteiger partial charge in [-0.2, -0.15) is 0 Å². The van der Waals surface area contributed by atoms with Crippen molar-refractivity contribution in [2.45, 2.75) is 45.4 Å². The van der Waals surface area contributed by atoms with Crippen molar-refractivity contribution in [3.05, 3.63) is 29.8 Å². The molecule has 0 bridgehead atoms. The van der Waals surface area contributed by atoms with Crippen molar-refractivity contribution in [2.75, 3.05) is 13.7 Å². The molecule has 20 heavy (non-hydrogen) atoms. The van der Waals surface area contributed by atoms with Crippen molar-refractivity contribution in [1.29, 1.82) is 0 Å². The molecule has 4 nitrogen and oxygen atoms in total. The predicted octanol–water partition coefficient (Wildman–Crippen LogP) is 2.11. The number of aliphatic hydroxyl groups excluding tert-OH is 2. The Morgan fingerprint density at radius 3 is 2.20 bits per heavy atom. The van der Waals surface area contributed by atoms with Crippen molar-refractivity contribution in [3.8, 4) is 5.75 Å². The van der Waals surface area contributed by atoms with Crippen LogP contribution in [0, 0.1) is 5.92 Å². The first kappa shape index (κ1) is 17.0. The van der Waals surface area contributed by atoms with Crippen LogP contribution in [0.5, 0.6) is 5.75 Å². The van der Waals surface area contributed by atoms with E-state index in [0.29, 0.717) is 0 Å². The van der Waals surface area contributed by atoms with Crippen LogP contribution < -0.4 is 10.1 Å². The molecular weight excluding hydrogens is 254 g/mol. The predicted molar refractivity (Wildman–Crippen MR) is 80.9 cm³/mol. The van der Waals surface area contributed by atoms with Gasteiger partial charge in [-0.05, 0) is 30.0 Å². The lowest BCUT2D eigenvalue weighted by Gasteiger charge is -2.31. The summed E-state index contributed by atoms with van der Waals surface area (Å²) in [4.78, 5) is 0. The maximum Gasteiger partial charge on any atom is 0.118 e. The third kappa shape index (κ3) is 4.47. The van der Waals surface area contributed by atoms with Gasteiger partial charge in [0, 0.05) is 12.1 Å². The van der Waals surface area contributed by atoms with Crippen molar-refractivity contribution >= 4 is 0 Å². The van der Waals surface area contributed by atoms with E-state index in [2.05, 4.69) is 19.2 Å². The number of hydrogen-bond donors (Lipinski definition) is 3. The fraction of sp³-hybridized carbons (Fsp3) is 0.625. The Morgan fingerprint density at radius 1 is 1.20 bits per heavy atom. The molecule has 0 heterocycles. The number of methoxy groups -OCH3 is 1. The molecule has 1 aromatic rings. The lowest BCUT2D eigenvalue weighted by atomic mass is 9.92. The van der Waals surface area contributed by atoms with Crippen molar-refractivity contribution in [3.63, 3.8) is 0 Å². The van der Waals surface area contributed by atoms with E-state index in [-0.39, 0.29) is 24.6 Å². The number of aliphatic hydroxyl groups is 2. The Balaban J connectivity index is 2.84. The molecular formula is C16H27NO3. The minimum absolute atomic E-state index is 0.00954. The highest BCUT2D eigenvalue weighted by atomic mass is 16.5. The molecule has 0 aliphatic heterocycles. The summed E-state index contributed by atoms with van der Waals surface area (Å²) in [7, 11) is 1.62. The topological polar surface area (TPSA) is 61.7 Å². The molecule has 0 spiro atoms. The van der Waals surface area contributed by atoms with Gasteiger partial charge >= 0.3 is 0 Å². The van der Waals surface area contributed by atoms with Gasteiger partial charge in [-0.1, -0.05) is 32.9 Å². The summed E-state index contributed by atoms with van der Waals surface area (Å²) >= 11 is 0. The van der Waals surface area contributed by atoms with E-state index in [4.69, 9.17) is 4.74 Å². The molecule has 0 aliphatic carbocycles. The van der Waals surface area contributed by atoms with Gasteiger partial charge in [0.05, 0.1) is 19.8 Å². The Bertz CT molecular complexity index is 374. The fourth-order valence-corrected chi connectivity index (χ4v) is 2.23. The van der Waals surface area contributed by atoms with Crippen LogP contribution in [0.15, 0.2) is 24.3 Å². The van der Waals surface area contributed by atoms with Crippen LogP contribution in [0.3, 0.4) is 0 Å². The van der Waals surface area contributed by atoms with E-state index < -0.39 is 6.10 Å². The third-order valence-electron chi connectivity index (χ3n) is 3.66. The van der Waals surface area contributed by atoms with Gasteiger partial charge in [0.15, 0.2) is 0 Å². The van der Waals surface area contributed by atoms with Gasteiger partial charge in [-0.3, -0.25) is 0 Å². The molecule has 3 atom stereocenters. The summed E-state index contributed by atoms with van der Waals surface area (Å²) in [6.07, 6.45) is 0.219. The molecule has 0 radical (unpaired) electrons. The average molecular weight is 281 g/mol. The highest BCUT2D eigenvalue weighted by Crippen LogP contribution is 2.24. The first-order chi connectivity index (χ1) is 9.53. The van der Waals surface area contributed by atoms with Gasteiger partial charge in [-0.25, -0.2) is 0 Å². The zero-order chi connectivity index (χ0) is 15.1. The average Bonchev–Trinajstić information content (AvgIpc) is 2.47. The zero-order valence-electron chi connectivity index (χ0n) is 12.8. The van der Waals surface area contributed by atoms with Crippen LogP contribution in [0.1, 0.15) is 38.9 Å². The smallest absolute Gasteiger partial charge is 0.118 e. The molecule has 0 saturated heterocycles. The third-order valence-corrected chi connectivity index (χ3v) is 3.66. The van der Waals surface area contributed by atoms with Crippen molar-refractivity contribution < 1.29 is 14.9 Å². The van der Waals surface area contributed by atoms with E-state index in [9.17, 15) is 10.2 Å². The quantitative estimate of drug-likeness (QED) is 0.683. The largest absolute Gasteiger partial charge is 0.497 e. The Kier molecular flexibility index (Phi) is 6.99. The summed E-state index contributed by atoms with van der Waals surface area (Å²) in [5.41, 5.74) is 0.852. The highest BCUT2D eigenvalue weighted by Gasteiger charge is 2.25. The number of rotatable bonds is 8. The van der Waals surface area contributed by atoms with Gasteiger partial charge in [-0.15, -0.1) is 0 Å². The Labute approximate surface area is 121 Å². The van der Waals surface area contributed by atoms with E-state index in [1.807, 2.05) is 31.2 Å². The zero-order valence-corrected chi connectivity index (χ0v) is 12.8. The van der Waals surface area contributed by atoms with Crippen LogP contribution in [-0.4, -0.2) is 36.0 Å². The molecule has 0 saturated carbocycles. The number of ether oxygens (including phenoxy) is 1. The van der Waals surface area contributed by atoms with E-state index in [1.165, 1.54) is 0 Å². The van der Waals surface area contributed by atoms with Crippen LogP contribution in [0.25, 0.3) is 0 Å². The number of benzene rings is 1. The van der Waals surface area contributed by atoms with Gasteiger partial charge < -0.3 is 20.3 Å². The summed E-state index contributed by atoms with van der Waals surface area (Å²) in [6.45, 7) is 6.23. The first-order valence-electron chi connectivity index (χ1n) is 7.22. The maximum atomic E-state index is 10.6. The normalized spacial score (nSPS) is 15.9. The minimum atomic E-state index is -0.610. The molecule has 0 amide bonds. The Morgan fingerprint density at radius 2 is 1.80 bits per heavy atom. The molecule has 3 unspecified atom stereocenters. The van der Waals surface area contributed by atoms with Crippen LogP contribution in [0.4, 0.5) is 0 Å². The molecule has 3 N–H and O–H groups in total. The molecule has 1 rings (SSSR count). The lowest BCUT2D eigenvalue weighted by molar-refractivity contribution is 0.0886. The second-order valence-electron chi connectivity index (χ2n) is 5.44. The second kappa shape index (κ2) is 8.25. The SMILES string of the molecule is CCC(CO)NC(C(C)C)C(O)c1ccc(OC)cc1. The van der Waals surface area contributed by atoms with Gasteiger partial charge in [0.1, 0.15) is 5.75 Å². The number of nitrogens with one attached hydrogen (secondary N) is 1. The highest BCUT2D eigenvalue weighted by molar-refractivity contribution is 5.29. The second-order valence-corrected chi connectivity index (χ2v) is 5.44. The minimum Gasteiger partial charge on any atom is -0.497 e. The first-order valence-corrected chi connectivity index (χ1v) is 7.22. The lowest BCUT2D eigenvalue weighted by Crippen LogP contribution is -2.46. The molecule has 4 heteroatoms. The maximum absolute atomic E-state index is 10.6. The fourth-order valence-electron chi connectivity index (χ4n) is 2.23. The van der Waals surface area contributed by atoms with E-state index in [0.717, 1.165) is 17.7 Å². The molecule has 0 aliphatic rings. The summed E-state index contributed by atoms with van der Waals surface area (Å²) < 4.78 is 5.13. The van der Waals surface area contributed by atoms with E-state index >= 15 is 0 Å². The van der Waals surface area contributed by atoms with E-state index in [1.54, 1.807) is 7.11 Å². The summed E-state index contributed by atoms with van der Waals surface area (Å²) in [5, 5.41) is 23.2. The van der Waals surface area contributed by atoms with Crippen LogP contribution in [-0.2, 0) is 0 Å². The van der Waals surface area contributed by atoms with Crippen molar-refractivity contribution in [1.82, 2.24) is 5.32 Å². The van der Waals surface area contributed by atoms with Gasteiger partial charge in [0.2, 0.25) is 0 Å². The monoisotopic (exact) mass is 281 g/mol. The van der Waals surface area contributed by atoms with Gasteiger partial charge in [0.25, 0.3) is 0 Å².